The number of hydrogen-bond acceptors (Lipinski definition) is 1. The molecule has 0 radical (unpaired) electrons. The second kappa shape index (κ2) is 14.9. The van der Waals surface area contributed by atoms with Crippen LogP contribution in [0.2, 0.25) is 0 Å². The van der Waals surface area contributed by atoms with E-state index in [9.17, 15) is 0 Å². The van der Waals surface area contributed by atoms with Gasteiger partial charge in [0, 0.05) is 5.75 Å². The van der Waals surface area contributed by atoms with E-state index in [4.69, 9.17) is 0 Å². The summed E-state index contributed by atoms with van der Waals surface area (Å²) >= 11 is 2.02. The zero-order chi connectivity index (χ0) is 13.8. The van der Waals surface area contributed by atoms with Crippen molar-refractivity contribution in [1.29, 1.82) is 0 Å². The second-order valence-electron chi connectivity index (χ2n) is 4.97. The largest absolute Gasteiger partial charge is 1.00 e. The van der Waals surface area contributed by atoms with Crippen molar-refractivity contribution in [3.63, 3.8) is 0 Å². The fourth-order valence-electron chi connectivity index (χ4n) is 2.04. The van der Waals surface area contributed by atoms with Crippen LogP contribution in [0, 0.1) is 0 Å². The maximum Gasteiger partial charge on any atom is 0.307 e. The highest BCUT2D eigenvalue weighted by atomic mass is 127. The Balaban J connectivity index is 0. The Bertz CT molecular complexity index is 224. The van der Waals surface area contributed by atoms with Crippen LogP contribution in [0.3, 0.4) is 0 Å². The van der Waals surface area contributed by atoms with E-state index >= 15 is 0 Å². The average molecular weight is 400 g/mol. The lowest BCUT2D eigenvalue weighted by atomic mass is 10.1. The molecule has 0 aliphatic rings. The Morgan fingerprint density at radius 3 is 1.89 bits per heavy atom. The molecule has 0 heterocycles. The number of halogens is 1. The first kappa shape index (κ1) is 21.8. The summed E-state index contributed by atoms with van der Waals surface area (Å²) in [4.78, 5) is 2.26. The number of unbranched alkanes of at least 4 members (excludes halogenated alkanes) is 5. The van der Waals surface area contributed by atoms with Gasteiger partial charge in [0.25, 0.3) is 0 Å². The summed E-state index contributed by atoms with van der Waals surface area (Å²) in [5.74, 6) is 1.26. The van der Waals surface area contributed by atoms with E-state index in [1.165, 1.54) is 49.4 Å². The van der Waals surface area contributed by atoms with Crippen LogP contribution in [0.15, 0.2) is 0 Å². The van der Waals surface area contributed by atoms with Gasteiger partial charge in [-0.25, -0.2) is 0 Å². The van der Waals surface area contributed by atoms with Crippen molar-refractivity contribution in [3.05, 3.63) is 0 Å². The van der Waals surface area contributed by atoms with Crippen LogP contribution in [-0.4, -0.2) is 47.6 Å². The van der Waals surface area contributed by atoms with Crippen LogP contribution in [0.5, 0.6) is 0 Å². The van der Waals surface area contributed by atoms with E-state index < -0.39 is 0 Å². The minimum atomic E-state index is 0. The molecule has 0 saturated carbocycles. The highest BCUT2D eigenvalue weighted by molar-refractivity contribution is 8.13. The van der Waals surface area contributed by atoms with Crippen molar-refractivity contribution < 1.29 is 28.6 Å². The number of rotatable bonds is 9. The number of nitrogens with zero attached hydrogens (tertiary/aromatic N) is 2. The molecule has 0 bridgehead atoms. The van der Waals surface area contributed by atoms with Crippen LogP contribution < -0.4 is 24.0 Å². The molecule has 0 aliphatic heterocycles. The molecule has 0 spiro atoms. The van der Waals surface area contributed by atoms with E-state index in [-0.39, 0.29) is 24.0 Å². The normalized spacial score (nSPS) is 9.95. The van der Waals surface area contributed by atoms with Crippen LogP contribution in [0.4, 0.5) is 0 Å². The van der Waals surface area contributed by atoms with Gasteiger partial charge >= 0.3 is 5.17 Å². The molecular formula is C15H33IN2S. The number of amidine groups is 1. The molecule has 0 N–H and O–H groups in total. The third-order valence-electron chi connectivity index (χ3n) is 3.15. The molecule has 2 nitrogen and oxygen atoms in total. The van der Waals surface area contributed by atoms with Crippen LogP contribution >= 0.6 is 11.8 Å². The Morgan fingerprint density at radius 1 is 0.895 bits per heavy atom. The topological polar surface area (TPSA) is 6.25 Å². The standard InChI is InChI=1S/C15H33N2S.HI/c1-6-9-10-11-12-13-14-18-15(16(4)5)17(7-2)8-3;/h6-14H2,1-5H3;1H/q+1;/p-1. The molecule has 0 atom stereocenters. The van der Waals surface area contributed by atoms with Gasteiger partial charge in [-0.3, -0.25) is 9.48 Å². The van der Waals surface area contributed by atoms with Gasteiger partial charge < -0.3 is 24.0 Å². The van der Waals surface area contributed by atoms with Gasteiger partial charge in [0.15, 0.2) is 0 Å². The molecule has 0 unspecified atom stereocenters. The SMILES string of the molecule is CCCCCCCCSC(N(C)C)=[N+](CC)CC.[I-]. The Kier molecular flexibility index (Phi) is 17.2. The predicted molar refractivity (Wildman–Crippen MR) is 85.9 cm³/mol. The molecular weight excluding hydrogens is 367 g/mol. The monoisotopic (exact) mass is 400 g/mol. The molecule has 0 aliphatic carbocycles. The van der Waals surface area contributed by atoms with Gasteiger partial charge in [0.2, 0.25) is 0 Å². The van der Waals surface area contributed by atoms with Crippen molar-refractivity contribution in [1.82, 2.24) is 4.90 Å². The van der Waals surface area contributed by atoms with Crippen molar-refractivity contribution in [2.75, 3.05) is 32.9 Å². The lowest BCUT2D eigenvalue weighted by Gasteiger charge is -2.13. The lowest BCUT2D eigenvalue weighted by molar-refractivity contribution is -0.522. The maximum atomic E-state index is 2.45. The van der Waals surface area contributed by atoms with Gasteiger partial charge in [-0.2, -0.15) is 0 Å². The van der Waals surface area contributed by atoms with Gasteiger partial charge in [0.05, 0.1) is 27.2 Å². The molecule has 0 fully saturated rings. The van der Waals surface area contributed by atoms with Crippen molar-refractivity contribution in [3.8, 4) is 0 Å². The maximum absolute atomic E-state index is 2.45. The molecule has 0 rings (SSSR count). The van der Waals surface area contributed by atoms with Crippen LogP contribution in [0.25, 0.3) is 0 Å². The number of hydrogen-bond donors (Lipinski definition) is 0. The van der Waals surface area contributed by atoms with Gasteiger partial charge in [-0.15, -0.1) is 0 Å². The summed E-state index contributed by atoms with van der Waals surface area (Å²) in [7, 11) is 4.31. The first-order valence-corrected chi connectivity index (χ1v) is 8.57. The van der Waals surface area contributed by atoms with Crippen LogP contribution in [-0.2, 0) is 0 Å². The van der Waals surface area contributed by atoms with E-state index in [1.54, 1.807) is 0 Å². The van der Waals surface area contributed by atoms with Gasteiger partial charge in [-0.05, 0) is 32.0 Å². The molecule has 0 aromatic heterocycles. The van der Waals surface area contributed by atoms with E-state index in [0.717, 1.165) is 13.1 Å². The summed E-state index contributed by atoms with van der Waals surface area (Å²) in [5, 5.41) is 1.42. The summed E-state index contributed by atoms with van der Waals surface area (Å²) in [6.45, 7) is 8.95. The third-order valence-corrected chi connectivity index (χ3v) is 4.52. The molecule has 19 heavy (non-hydrogen) atoms. The molecule has 4 heteroatoms. The third kappa shape index (κ3) is 10.9. The summed E-state index contributed by atoms with van der Waals surface area (Å²) in [6.07, 6.45) is 8.33. The second-order valence-corrected chi connectivity index (χ2v) is 6.03. The molecule has 0 aromatic carbocycles. The van der Waals surface area contributed by atoms with E-state index in [1.807, 2.05) is 11.8 Å². The smallest absolute Gasteiger partial charge is 0.307 e. The van der Waals surface area contributed by atoms with Gasteiger partial charge in [0.1, 0.15) is 0 Å². The summed E-state index contributed by atoms with van der Waals surface area (Å²) in [5.41, 5.74) is 0. The molecule has 0 aromatic rings. The van der Waals surface area contributed by atoms with Crippen LogP contribution in [0.1, 0.15) is 59.3 Å². The minimum absolute atomic E-state index is 0. The highest BCUT2D eigenvalue weighted by Crippen LogP contribution is 2.12. The van der Waals surface area contributed by atoms with Crippen molar-refractivity contribution in [2.45, 2.75) is 59.3 Å². The van der Waals surface area contributed by atoms with Crippen molar-refractivity contribution in [2.24, 2.45) is 0 Å². The Labute approximate surface area is 142 Å². The lowest BCUT2D eigenvalue weighted by Crippen LogP contribution is -3.00. The Morgan fingerprint density at radius 2 is 1.42 bits per heavy atom. The van der Waals surface area contributed by atoms with E-state index in [2.05, 4.69) is 44.3 Å². The minimum Gasteiger partial charge on any atom is -1.00 e. The first-order valence-electron chi connectivity index (χ1n) is 7.59. The number of thioether (sulfide) groups is 1. The van der Waals surface area contributed by atoms with E-state index in [0.29, 0.717) is 0 Å². The molecule has 0 saturated heterocycles. The highest BCUT2D eigenvalue weighted by Gasteiger charge is 2.14. The summed E-state index contributed by atoms with van der Waals surface area (Å²) in [6, 6.07) is 0. The van der Waals surface area contributed by atoms with Gasteiger partial charge in [-0.1, -0.05) is 39.0 Å². The predicted octanol–water partition coefficient (Wildman–Crippen LogP) is 1.05. The molecule has 0 amide bonds. The average Bonchev–Trinajstić information content (AvgIpc) is 2.36. The Hall–Kier alpha value is 0.550. The zero-order valence-electron chi connectivity index (χ0n) is 13.5. The zero-order valence-corrected chi connectivity index (χ0v) is 16.5. The fourth-order valence-corrected chi connectivity index (χ4v) is 3.27. The summed E-state index contributed by atoms with van der Waals surface area (Å²) < 4.78 is 2.45. The first-order chi connectivity index (χ1) is 8.67. The van der Waals surface area contributed by atoms with Crippen molar-refractivity contribution >= 4 is 16.9 Å². The quantitative estimate of drug-likeness (QED) is 0.188. The molecule has 116 valence electrons. The fraction of sp³-hybridized carbons (Fsp3) is 0.933.